The minimum Gasteiger partial charge on any atom is -0.505 e. The third kappa shape index (κ3) is 12.0. The summed E-state index contributed by atoms with van der Waals surface area (Å²) in [6.45, 7) is 2.13. The molecule has 0 bridgehead atoms. The molecule has 0 atom stereocenters. The lowest BCUT2D eigenvalue weighted by Gasteiger charge is -2.15. The number of para-hydroxylation sites is 2. The Hall–Kier alpha value is -4.63. The van der Waals surface area contributed by atoms with Gasteiger partial charge in [-0.2, -0.15) is 0 Å². The first-order valence-electron chi connectivity index (χ1n) is 10.8. The largest absolute Gasteiger partial charge is 0.505 e. The van der Waals surface area contributed by atoms with Gasteiger partial charge in [0.05, 0.1) is 21.7 Å². The molecule has 216 valence electrons. The van der Waals surface area contributed by atoms with Gasteiger partial charge in [0.1, 0.15) is 13.1 Å². The van der Waals surface area contributed by atoms with E-state index in [0.717, 1.165) is 22.4 Å². The molecule has 2 amide bonds. The summed E-state index contributed by atoms with van der Waals surface area (Å²) in [6.07, 6.45) is 0. The zero-order chi connectivity index (χ0) is 29.6. The lowest BCUT2D eigenvalue weighted by atomic mass is 10.1. The molecule has 0 saturated carbocycles. The average Bonchev–Trinajstić information content (AvgIpc) is 2.84. The van der Waals surface area contributed by atoms with E-state index in [2.05, 4.69) is 12.2 Å². The third-order valence-corrected chi connectivity index (χ3v) is 4.53. The predicted molar refractivity (Wildman–Crippen MR) is 143 cm³/mol. The number of nitrogens with one attached hydrogen (secondary N) is 1. The first kappa shape index (κ1) is 36.5. The summed E-state index contributed by atoms with van der Waals surface area (Å²) >= 11 is 0. The van der Waals surface area contributed by atoms with Crippen LogP contribution in [0.5, 0.6) is 11.5 Å². The molecule has 39 heavy (non-hydrogen) atoms. The van der Waals surface area contributed by atoms with E-state index in [1.807, 2.05) is 7.05 Å². The summed E-state index contributed by atoms with van der Waals surface area (Å²) in [5.41, 5.74) is 4.57. The molecular weight excluding hydrogens is 542 g/mol. The van der Waals surface area contributed by atoms with Crippen molar-refractivity contribution in [3.63, 3.8) is 0 Å². The Labute approximate surface area is 230 Å². The molecule has 15 nitrogen and oxygen atoms in total. The van der Waals surface area contributed by atoms with Gasteiger partial charge in [0, 0.05) is 20.2 Å². The Morgan fingerprint density at radius 1 is 0.897 bits per heavy atom. The first-order valence-corrected chi connectivity index (χ1v) is 10.8. The van der Waals surface area contributed by atoms with Gasteiger partial charge < -0.3 is 41.3 Å². The number of phenols is 2. The molecule has 0 aliphatic heterocycles. The number of amides is 2. The number of hydrogen-bond donors (Lipinski definition) is 6. The molecule has 0 spiro atoms. The summed E-state index contributed by atoms with van der Waals surface area (Å²) < 4.78 is 0. The lowest BCUT2D eigenvalue weighted by molar-refractivity contribution is -0.385. The van der Waals surface area contributed by atoms with Crippen LogP contribution in [0.1, 0.15) is 27.6 Å². The van der Waals surface area contributed by atoms with Gasteiger partial charge in [0.15, 0.2) is 5.75 Å². The molecule has 0 aromatic heterocycles. The Morgan fingerprint density at radius 3 is 1.64 bits per heavy atom. The number of anilines is 1. The molecule has 2 rings (SSSR count). The number of aromatic hydroxyl groups is 2. The Bertz CT molecular complexity index is 1160. The number of benzene rings is 2. The van der Waals surface area contributed by atoms with Crippen LogP contribution in [0.15, 0.2) is 36.4 Å². The van der Waals surface area contributed by atoms with Crippen molar-refractivity contribution in [1.29, 1.82) is 0 Å². The molecule has 0 saturated heterocycles. The Balaban J connectivity index is 0. The number of aliphatic carboxylic acids is 2. The molecule has 2 aromatic carbocycles. The number of carbonyl (C=O) groups excluding carboxylic acids is 2. The highest BCUT2D eigenvalue weighted by Crippen LogP contribution is 2.30. The second-order valence-corrected chi connectivity index (χ2v) is 7.49. The van der Waals surface area contributed by atoms with E-state index in [0.29, 0.717) is 0 Å². The minimum atomic E-state index is -1.23. The highest BCUT2D eigenvalue weighted by Gasteiger charge is 2.24. The summed E-state index contributed by atoms with van der Waals surface area (Å²) in [7, 11) is 4.48. The molecule has 16 heteroatoms. The van der Waals surface area contributed by atoms with E-state index in [1.54, 1.807) is 0 Å². The standard InChI is InChI=1S/C10H10N2O6.C10H12N2O4.C3H9N.ClH/c1-11(5-8(13)14)10(16)6-3-2-4-7(9(6)15)12(17)18;1-12(5-8(13)14)10(16)6-3-2-4-7(11)9(6)15;1-3-4-2;/h2-4,15H,5H2,1H3,(H,13,14);2-4,15H,5,11H2,1H3,(H,13,14);4H,3H2,1-2H3;1H. The van der Waals surface area contributed by atoms with Crippen LogP contribution in [0.4, 0.5) is 11.4 Å². The second-order valence-electron chi connectivity index (χ2n) is 7.49. The molecule has 0 heterocycles. The fourth-order valence-electron chi connectivity index (χ4n) is 2.55. The zero-order valence-electron chi connectivity index (χ0n) is 21.7. The van der Waals surface area contributed by atoms with Crippen LogP contribution in [0.2, 0.25) is 0 Å². The Morgan fingerprint density at radius 2 is 1.28 bits per heavy atom. The van der Waals surface area contributed by atoms with E-state index in [-0.39, 0.29) is 35.0 Å². The summed E-state index contributed by atoms with van der Waals surface area (Å²) in [6, 6.07) is 7.80. The number of carboxylic acids is 2. The highest BCUT2D eigenvalue weighted by molar-refractivity contribution is 6.00. The van der Waals surface area contributed by atoms with E-state index < -0.39 is 53.2 Å². The number of phenolic OH excluding ortho intramolecular Hbond substituents is 2. The minimum absolute atomic E-state index is 0. The van der Waals surface area contributed by atoms with Crippen LogP contribution in [-0.4, -0.2) is 99.7 Å². The second kappa shape index (κ2) is 17.8. The molecular formula is C23H32ClN5O10. The first-order chi connectivity index (χ1) is 17.7. The lowest BCUT2D eigenvalue weighted by Crippen LogP contribution is -2.32. The number of nitrogens with zero attached hydrogens (tertiary/aromatic N) is 3. The van der Waals surface area contributed by atoms with Gasteiger partial charge in [0.25, 0.3) is 11.8 Å². The maximum Gasteiger partial charge on any atom is 0.323 e. The number of hydrogen-bond acceptors (Lipinski definition) is 10. The van der Waals surface area contributed by atoms with E-state index in [1.165, 1.54) is 44.4 Å². The van der Waals surface area contributed by atoms with Gasteiger partial charge in [0.2, 0.25) is 5.75 Å². The van der Waals surface area contributed by atoms with Crippen LogP contribution >= 0.6 is 12.4 Å². The Kier molecular flexibility index (Phi) is 16.6. The van der Waals surface area contributed by atoms with Crippen molar-refractivity contribution in [3.8, 4) is 11.5 Å². The molecule has 0 fully saturated rings. The average molecular weight is 574 g/mol. The van der Waals surface area contributed by atoms with E-state index in [9.17, 15) is 39.5 Å². The SMILES string of the molecule is CCNC.CN(CC(=O)O)C(=O)c1cccc(N)c1O.CN(CC(=O)O)C(=O)c1cccc([N+](=O)[O-])c1O.Cl. The highest BCUT2D eigenvalue weighted by atomic mass is 35.5. The van der Waals surface area contributed by atoms with Gasteiger partial charge in [-0.05, 0) is 31.8 Å². The molecule has 2 aromatic rings. The molecule has 0 aliphatic carbocycles. The number of nitro groups is 1. The molecule has 0 unspecified atom stereocenters. The van der Waals surface area contributed by atoms with E-state index in [4.69, 9.17) is 15.9 Å². The third-order valence-electron chi connectivity index (χ3n) is 4.53. The summed E-state index contributed by atoms with van der Waals surface area (Å²) in [5.74, 6) is -4.85. The number of likely N-dealkylation sites (N-methyl/N-ethyl adjacent to an activating group) is 2. The van der Waals surface area contributed by atoms with E-state index >= 15 is 0 Å². The normalized spacial score (nSPS) is 9.33. The van der Waals surface area contributed by atoms with Crippen LogP contribution < -0.4 is 11.1 Å². The van der Waals surface area contributed by atoms with Crippen molar-refractivity contribution in [2.75, 3.05) is 46.5 Å². The van der Waals surface area contributed by atoms with Gasteiger partial charge in [-0.25, -0.2) is 0 Å². The van der Waals surface area contributed by atoms with Crippen molar-refractivity contribution in [2.24, 2.45) is 0 Å². The number of nitrogen functional groups attached to an aromatic ring is 1. The number of halogens is 1. The number of carbonyl (C=O) groups is 4. The number of carboxylic acid groups (broad SMARTS) is 2. The van der Waals surface area contributed by atoms with Crippen molar-refractivity contribution in [1.82, 2.24) is 15.1 Å². The van der Waals surface area contributed by atoms with Crippen molar-refractivity contribution < 1.29 is 44.5 Å². The van der Waals surface area contributed by atoms with Crippen molar-refractivity contribution in [3.05, 3.63) is 57.6 Å². The predicted octanol–water partition coefficient (Wildman–Crippen LogP) is 1.24. The van der Waals surface area contributed by atoms with Crippen molar-refractivity contribution in [2.45, 2.75) is 6.92 Å². The molecule has 0 aliphatic rings. The number of nitro benzene ring substituents is 1. The van der Waals surface area contributed by atoms with Crippen LogP contribution in [0.3, 0.4) is 0 Å². The van der Waals surface area contributed by atoms with Crippen LogP contribution in [0, 0.1) is 10.1 Å². The fraction of sp³-hybridized carbons (Fsp3) is 0.304. The van der Waals surface area contributed by atoms with Crippen molar-refractivity contribution >= 4 is 47.5 Å². The zero-order valence-corrected chi connectivity index (χ0v) is 22.5. The number of nitrogens with two attached hydrogens (primary N) is 1. The topological polar surface area (TPSA) is 237 Å². The number of rotatable bonds is 8. The summed E-state index contributed by atoms with van der Waals surface area (Å²) in [5, 5.41) is 49.7. The van der Waals surface area contributed by atoms with Gasteiger partial charge >= 0.3 is 17.6 Å². The molecule has 0 radical (unpaired) electrons. The quantitative estimate of drug-likeness (QED) is 0.113. The monoisotopic (exact) mass is 573 g/mol. The summed E-state index contributed by atoms with van der Waals surface area (Å²) in [4.78, 5) is 55.9. The van der Waals surface area contributed by atoms with Gasteiger partial charge in [-0.3, -0.25) is 29.3 Å². The maximum absolute atomic E-state index is 11.8. The smallest absolute Gasteiger partial charge is 0.323 e. The fourth-order valence-corrected chi connectivity index (χ4v) is 2.55. The molecule has 7 N–H and O–H groups in total. The van der Waals surface area contributed by atoms with Gasteiger partial charge in [-0.15, -0.1) is 12.4 Å². The van der Waals surface area contributed by atoms with Crippen LogP contribution in [-0.2, 0) is 9.59 Å². The maximum atomic E-state index is 11.8. The van der Waals surface area contributed by atoms with Crippen LogP contribution in [0.25, 0.3) is 0 Å². The van der Waals surface area contributed by atoms with Gasteiger partial charge in [-0.1, -0.05) is 19.1 Å².